The van der Waals surface area contributed by atoms with Crippen LogP contribution in [0.3, 0.4) is 0 Å². The van der Waals surface area contributed by atoms with Crippen LogP contribution in [0.4, 0.5) is 0 Å². The number of hydrogen-bond acceptors (Lipinski definition) is 1. The second kappa shape index (κ2) is 4.80. The average Bonchev–Trinajstić information content (AvgIpc) is 2.71. The summed E-state index contributed by atoms with van der Waals surface area (Å²) in [6.07, 6.45) is 2.19. The topological polar surface area (TPSA) is 37.3 Å². The zero-order valence-corrected chi connectivity index (χ0v) is 11.7. The summed E-state index contributed by atoms with van der Waals surface area (Å²) in [5.41, 5.74) is 5.91. The van der Waals surface area contributed by atoms with Gasteiger partial charge in [0.1, 0.15) is 0 Å². The molecule has 0 spiro atoms. The van der Waals surface area contributed by atoms with E-state index in [9.17, 15) is 4.79 Å². The maximum Gasteiger partial charge on any atom is 0.328 e. The Morgan fingerprint density at radius 1 is 1.10 bits per heavy atom. The molecule has 2 aromatic carbocycles. The molecular formula is C17H13ClO2. The van der Waals surface area contributed by atoms with Gasteiger partial charge in [-0.25, -0.2) is 4.79 Å². The predicted octanol–water partition coefficient (Wildman–Crippen LogP) is 4.40. The highest BCUT2D eigenvalue weighted by Crippen LogP contribution is 2.45. The van der Waals surface area contributed by atoms with E-state index in [0.717, 1.165) is 34.2 Å². The minimum atomic E-state index is -0.944. The van der Waals surface area contributed by atoms with Gasteiger partial charge in [-0.05, 0) is 51.9 Å². The van der Waals surface area contributed by atoms with Crippen LogP contribution in [-0.4, -0.2) is 11.1 Å². The number of fused-ring (bicyclic) bond motifs is 3. The molecule has 3 heteroatoms. The van der Waals surface area contributed by atoms with Gasteiger partial charge < -0.3 is 5.11 Å². The zero-order valence-electron chi connectivity index (χ0n) is 11.0. The molecule has 0 aromatic heterocycles. The lowest BCUT2D eigenvalue weighted by Crippen LogP contribution is -1.92. The van der Waals surface area contributed by atoms with Gasteiger partial charge in [-0.1, -0.05) is 42.8 Å². The number of carbonyl (C=O) groups is 1. The summed E-state index contributed by atoms with van der Waals surface area (Å²) < 4.78 is 0. The van der Waals surface area contributed by atoms with Crippen molar-refractivity contribution >= 4 is 23.1 Å². The van der Waals surface area contributed by atoms with E-state index in [0.29, 0.717) is 5.02 Å². The normalized spacial score (nSPS) is 14.2. The van der Waals surface area contributed by atoms with Gasteiger partial charge >= 0.3 is 5.97 Å². The first-order valence-corrected chi connectivity index (χ1v) is 6.86. The van der Waals surface area contributed by atoms with Crippen molar-refractivity contribution in [3.63, 3.8) is 0 Å². The second-order valence-corrected chi connectivity index (χ2v) is 5.26. The van der Waals surface area contributed by atoms with E-state index in [-0.39, 0.29) is 0 Å². The smallest absolute Gasteiger partial charge is 0.328 e. The minimum Gasteiger partial charge on any atom is -0.478 e. The number of carboxylic acids is 1. The standard InChI is InChI=1S/C17H13ClO2/c1-2-10-3-5-12-13-6-4-11(18)8-15(13)16(9-17(19)20)14(12)7-10/h3-9H,2H2,1H3,(H,19,20)/b16-9+. The Balaban J connectivity index is 2.31. The molecule has 0 fully saturated rings. The van der Waals surface area contributed by atoms with Crippen molar-refractivity contribution in [3.8, 4) is 11.1 Å². The number of aryl methyl sites for hydroxylation is 1. The molecule has 0 radical (unpaired) electrons. The van der Waals surface area contributed by atoms with Gasteiger partial charge in [0.05, 0.1) is 0 Å². The fourth-order valence-corrected chi connectivity index (χ4v) is 2.84. The van der Waals surface area contributed by atoms with Crippen molar-refractivity contribution in [2.45, 2.75) is 13.3 Å². The van der Waals surface area contributed by atoms with Crippen molar-refractivity contribution in [2.75, 3.05) is 0 Å². The van der Waals surface area contributed by atoms with Crippen LogP contribution in [0.15, 0.2) is 42.5 Å². The first kappa shape index (κ1) is 12.9. The zero-order chi connectivity index (χ0) is 14.3. The number of aliphatic carboxylic acids is 1. The molecule has 0 atom stereocenters. The molecule has 0 heterocycles. The molecule has 20 heavy (non-hydrogen) atoms. The van der Waals surface area contributed by atoms with Gasteiger partial charge in [0.2, 0.25) is 0 Å². The maximum absolute atomic E-state index is 11.1. The van der Waals surface area contributed by atoms with E-state index in [2.05, 4.69) is 25.1 Å². The summed E-state index contributed by atoms with van der Waals surface area (Å²) in [5, 5.41) is 9.73. The summed E-state index contributed by atoms with van der Waals surface area (Å²) in [6.45, 7) is 2.08. The molecule has 1 aliphatic carbocycles. The summed E-state index contributed by atoms with van der Waals surface area (Å²) in [7, 11) is 0. The highest BCUT2D eigenvalue weighted by Gasteiger charge is 2.24. The van der Waals surface area contributed by atoms with Gasteiger partial charge in [-0.15, -0.1) is 0 Å². The van der Waals surface area contributed by atoms with Crippen LogP contribution in [0, 0.1) is 0 Å². The summed E-state index contributed by atoms with van der Waals surface area (Å²) in [4.78, 5) is 11.1. The van der Waals surface area contributed by atoms with Crippen LogP contribution in [0.1, 0.15) is 23.6 Å². The van der Waals surface area contributed by atoms with E-state index in [4.69, 9.17) is 16.7 Å². The largest absolute Gasteiger partial charge is 0.478 e. The van der Waals surface area contributed by atoms with Crippen LogP contribution in [0.5, 0.6) is 0 Å². The Morgan fingerprint density at radius 3 is 2.40 bits per heavy atom. The SMILES string of the molecule is CCc1ccc2c(c1)/C(=C\C(=O)O)c1cc(Cl)ccc1-2. The maximum atomic E-state index is 11.1. The van der Waals surface area contributed by atoms with Gasteiger partial charge in [0, 0.05) is 11.1 Å². The lowest BCUT2D eigenvalue weighted by atomic mass is 10.0. The van der Waals surface area contributed by atoms with Gasteiger partial charge in [0.25, 0.3) is 0 Å². The first-order chi connectivity index (χ1) is 9.60. The second-order valence-electron chi connectivity index (χ2n) is 4.82. The van der Waals surface area contributed by atoms with Crippen LogP contribution in [0.25, 0.3) is 16.7 Å². The number of halogens is 1. The van der Waals surface area contributed by atoms with Gasteiger partial charge in [0.15, 0.2) is 0 Å². The highest BCUT2D eigenvalue weighted by molar-refractivity contribution is 6.31. The fraction of sp³-hybridized carbons (Fsp3) is 0.118. The van der Waals surface area contributed by atoms with Crippen molar-refractivity contribution < 1.29 is 9.90 Å². The Hall–Kier alpha value is -2.06. The third-order valence-corrected chi connectivity index (χ3v) is 3.85. The molecule has 1 aliphatic rings. The minimum absolute atomic E-state index is 0.614. The van der Waals surface area contributed by atoms with Crippen LogP contribution in [-0.2, 0) is 11.2 Å². The average molecular weight is 285 g/mol. The molecule has 0 unspecified atom stereocenters. The van der Waals surface area contributed by atoms with E-state index in [1.54, 1.807) is 0 Å². The molecule has 0 amide bonds. The Bertz CT molecular complexity index is 745. The molecule has 0 bridgehead atoms. The molecule has 1 N–H and O–H groups in total. The van der Waals surface area contributed by atoms with Crippen LogP contribution >= 0.6 is 11.6 Å². The number of benzene rings is 2. The van der Waals surface area contributed by atoms with Crippen molar-refractivity contribution in [1.82, 2.24) is 0 Å². The van der Waals surface area contributed by atoms with E-state index < -0.39 is 5.97 Å². The van der Waals surface area contributed by atoms with Crippen LogP contribution < -0.4 is 0 Å². The number of hydrogen-bond donors (Lipinski definition) is 1. The van der Waals surface area contributed by atoms with Gasteiger partial charge in [-0.3, -0.25) is 0 Å². The quantitative estimate of drug-likeness (QED) is 0.708. The van der Waals surface area contributed by atoms with E-state index >= 15 is 0 Å². The van der Waals surface area contributed by atoms with Crippen molar-refractivity contribution in [1.29, 1.82) is 0 Å². The molecule has 0 aliphatic heterocycles. The molecule has 0 saturated carbocycles. The summed E-state index contributed by atoms with van der Waals surface area (Å²) in [5.74, 6) is -0.944. The third kappa shape index (κ3) is 2.02. The highest BCUT2D eigenvalue weighted by atomic mass is 35.5. The van der Waals surface area contributed by atoms with E-state index in [1.165, 1.54) is 11.6 Å². The predicted molar refractivity (Wildman–Crippen MR) is 81.0 cm³/mol. The Morgan fingerprint density at radius 2 is 1.75 bits per heavy atom. The first-order valence-electron chi connectivity index (χ1n) is 6.48. The number of rotatable bonds is 2. The van der Waals surface area contributed by atoms with Crippen LogP contribution in [0.2, 0.25) is 5.02 Å². The lowest BCUT2D eigenvalue weighted by Gasteiger charge is -2.04. The molecule has 100 valence electrons. The van der Waals surface area contributed by atoms with Crippen molar-refractivity contribution in [2.24, 2.45) is 0 Å². The monoisotopic (exact) mass is 284 g/mol. The summed E-state index contributed by atoms with van der Waals surface area (Å²) >= 11 is 6.05. The van der Waals surface area contributed by atoms with E-state index in [1.807, 2.05) is 18.2 Å². The third-order valence-electron chi connectivity index (χ3n) is 3.61. The Kier molecular flexibility index (Phi) is 3.11. The van der Waals surface area contributed by atoms with Gasteiger partial charge in [-0.2, -0.15) is 0 Å². The summed E-state index contributed by atoms with van der Waals surface area (Å²) in [6, 6.07) is 11.8. The molecule has 3 rings (SSSR count). The molecule has 2 nitrogen and oxygen atoms in total. The molecule has 0 saturated heterocycles. The fourth-order valence-electron chi connectivity index (χ4n) is 2.67. The number of carboxylic acid groups (broad SMARTS) is 1. The molecular weight excluding hydrogens is 272 g/mol. The lowest BCUT2D eigenvalue weighted by molar-refractivity contribution is -0.131. The molecule has 2 aromatic rings. The van der Waals surface area contributed by atoms with Crippen molar-refractivity contribution in [3.05, 3.63) is 64.2 Å². The Labute approximate surface area is 122 Å².